The van der Waals surface area contributed by atoms with Crippen molar-refractivity contribution in [3.8, 4) is 11.3 Å². The molecule has 0 aliphatic carbocycles. The molecule has 42 heavy (non-hydrogen) atoms. The standard InChI is InChI=1S/C37H38N2.2CH3.Hf/c1-6-14-28-17-12-21-30(26(4)5)36(28)39-37(33-20-10-9-18-29(33)25(2)3)35-24-13-23-34(38-35)32-22-11-16-27-15-7-8-19-31(27)32;;;/h7-13,15-21,23-26,37H,6,14H2,1-5H3;2*1H3;/q-2;2*-1;+4. The number of aryl methyl sites for hydroxylation is 1. The van der Waals surface area contributed by atoms with Crippen molar-refractivity contribution in [1.82, 2.24) is 4.98 Å². The summed E-state index contributed by atoms with van der Waals surface area (Å²) in [7, 11) is 0. The van der Waals surface area contributed by atoms with E-state index < -0.39 is 0 Å². The number of fused-ring (bicyclic) bond motifs is 1. The molecule has 1 atom stereocenters. The Balaban J connectivity index is 0.00000205. The molecule has 0 amide bonds. The van der Waals surface area contributed by atoms with Crippen molar-refractivity contribution >= 4 is 16.5 Å². The Morgan fingerprint density at radius 3 is 2.07 bits per heavy atom. The van der Waals surface area contributed by atoms with E-state index in [9.17, 15) is 0 Å². The Hall–Kier alpha value is -3.04. The predicted octanol–water partition coefficient (Wildman–Crippen LogP) is 11.6. The summed E-state index contributed by atoms with van der Waals surface area (Å²) in [6.07, 6.45) is 2.10. The van der Waals surface area contributed by atoms with E-state index >= 15 is 0 Å². The molecular weight excluding hydrogens is 675 g/mol. The van der Waals surface area contributed by atoms with Crippen molar-refractivity contribution in [3.63, 3.8) is 0 Å². The molecule has 0 bridgehead atoms. The molecule has 0 spiro atoms. The molecular formula is C39H44HfN2. The number of rotatable bonds is 9. The Morgan fingerprint density at radius 2 is 1.36 bits per heavy atom. The van der Waals surface area contributed by atoms with Gasteiger partial charge in [0.2, 0.25) is 0 Å². The van der Waals surface area contributed by atoms with Crippen LogP contribution in [0.4, 0.5) is 5.69 Å². The van der Waals surface area contributed by atoms with E-state index in [-0.39, 0.29) is 46.7 Å². The largest absolute Gasteiger partial charge is 4.00 e. The van der Waals surface area contributed by atoms with Crippen molar-refractivity contribution in [2.75, 3.05) is 0 Å². The molecule has 1 aromatic heterocycles. The normalized spacial score (nSPS) is 11.4. The smallest absolute Gasteiger partial charge is 0.673 e. The maximum absolute atomic E-state index is 5.61. The van der Waals surface area contributed by atoms with E-state index in [2.05, 4.69) is 132 Å². The summed E-state index contributed by atoms with van der Waals surface area (Å²) in [6.45, 7) is 11.3. The molecule has 0 radical (unpaired) electrons. The summed E-state index contributed by atoms with van der Waals surface area (Å²) >= 11 is 0. The first-order chi connectivity index (χ1) is 19.0. The Kier molecular flexibility index (Phi) is 13.4. The Labute approximate surface area is 273 Å². The molecule has 0 aliphatic heterocycles. The summed E-state index contributed by atoms with van der Waals surface area (Å²) in [5.74, 6) is 0.759. The quantitative estimate of drug-likeness (QED) is 0.110. The van der Waals surface area contributed by atoms with Crippen LogP contribution in [0, 0.1) is 20.9 Å². The van der Waals surface area contributed by atoms with Crippen LogP contribution in [0.3, 0.4) is 0 Å². The van der Waals surface area contributed by atoms with E-state index in [0.717, 1.165) is 40.9 Å². The molecule has 214 valence electrons. The van der Waals surface area contributed by atoms with Crippen molar-refractivity contribution in [3.05, 3.63) is 151 Å². The molecule has 0 saturated heterocycles. The third kappa shape index (κ3) is 7.48. The fraction of sp³-hybridized carbons (Fsp3) is 0.256. The average Bonchev–Trinajstić information content (AvgIpc) is 2.96. The third-order valence-electron chi connectivity index (χ3n) is 7.49. The molecule has 5 rings (SSSR count). The molecule has 3 heteroatoms. The second kappa shape index (κ2) is 16.0. The first kappa shape index (κ1) is 35.2. The van der Waals surface area contributed by atoms with Crippen LogP contribution < -0.4 is 0 Å². The van der Waals surface area contributed by atoms with Crippen LogP contribution in [-0.4, -0.2) is 4.98 Å². The summed E-state index contributed by atoms with van der Waals surface area (Å²) in [5.41, 5.74) is 9.19. The summed E-state index contributed by atoms with van der Waals surface area (Å²) < 4.78 is 0. The van der Waals surface area contributed by atoms with Gasteiger partial charge in [-0.3, -0.25) is 0 Å². The first-order valence-corrected chi connectivity index (χ1v) is 14.3. The van der Waals surface area contributed by atoms with Crippen molar-refractivity contribution in [1.29, 1.82) is 0 Å². The second-order valence-corrected chi connectivity index (χ2v) is 11.0. The summed E-state index contributed by atoms with van der Waals surface area (Å²) in [6, 6.07) is 37.6. The minimum Gasteiger partial charge on any atom is -0.673 e. The Morgan fingerprint density at radius 1 is 0.714 bits per heavy atom. The zero-order valence-electron chi connectivity index (χ0n) is 26.3. The maximum Gasteiger partial charge on any atom is 4.00 e. The van der Waals surface area contributed by atoms with Gasteiger partial charge >= 0.3 is 25.8 Å². The molecule has 4 aromatic carbocycles. The van der Waals surface area contributed by atoms with Crippen LogP contribution in [0.25, 0.3) is 27.3 Å². The molecule has 0 saturated carbocycles. The minimum absolute atomic E-state index is 0. The molecule has 0 aliphatic rings. The van der Waals surface area contributed by atoms with Crippen LogP contribution in [0.15, 0.2) is 97.1 Å². The number of hydrogen-bond donors (Lipinski definition) is 0. The number of pyridine rings is 1. The van der Waals surface area contributed by atoms with Crippen molar-refractivity contribution in [2.24, 2.45) is 0 Å². The summed E-state index contributed by atoms with van der Waals surface area (Å²) in [4.78, 5) is 5.29. The van der Waals surface area contributed by atoms with E-state index in [1.807, 2.05) is 6.07 Å². The van der Waals surface area contributed by atoms with E-state index in [0.29, 0.717) is 11.8 Å². The average molecular weight is 719 g/mol. The zero-order valence-corrected chi connectivity index (χ0v) is 29.9. The van der Waals surface area contributed by atoms with Gasteiger partial charge in [0.15, 0.2) is 0 Å². The third-order valence-corrected chi connectivity index (χ3v) is 7.49. The summed E-state index contributed by atoms with van der Waals surface area (Å²) in [5, 5.41) is 7.96. The molecule has 1 heterocycles. The maximum atomic E-state index is 5.61. The van der Waals surface area contributed by atoms with E-state index in [1.54, 1.807) is 0 Å². The van der Waals surface area contributed by atoms with Crippen molar-refractivity contribution in [2.45, 2.75) is 65.3 Å². The van der Waals surface area contributed by atoms with Gasteiger partial charge in [-0.05, 0) is 41.6 Å². The minimum atomic E-state index is -0.214. The molecule has 0 N–H and O–H groups in total. The van der Waals surface area contributed by atoms with Gasteiger partial charge < -0.3 is 25.2 Å². The fourth-order valence-electron chi connectivity index (χ4n) is 5.53. The fourth-order valence-corrected chi connectivity index (χ4v) is 5.53. The second-order valence-electron chi connectivity index (χ2n) is 11.0. The first-order valence-electron chi connectivity index (χ1n) is 14.3. The van der Waals surface area contributed by atoms with Crippen LogP contribution in [0.2, 0.25) is 0 Å². The number of aromatic nitrogens is 1. The number of hydrogen-bond acceptors (Lipinski definition) is 1. The van der Waals surface area contributed by atoms with Gasteiger partial charge in [0, 0.05) is 5.69 Å². The monoisotopic (exact) mass is 720 g/mol. The predicted molar refractivity (Wildman–Crippen MR) is 179 cm³/mol. The van der Waals surface area contributed by atoms with E-state index in [4.69, 9.17) is 10.3 Å². The van der Waals surface area contributed by atoms with Gasteiger partial charge in [0.25, 0.3) is 0 Å². The number of para-hydroxylation sites is 1. The molecule has 1 unspecified atom stereocenters. The SMILES string of the molecule is CCCc1cccc(C(C)C)c1[N-]C(c1cccc(-c2[c-]ccc3ccccc23)n1)c1ccccc1C(C)C.[CH3-].[CH3-].[Hf+4]. The number of benzene rings is 4. The van der Waals surface area contributed by atoms with Crippen molar-refractivity contribution < 1.29 is 25.8 Å². The van der Waals surface area contributed by atoms with Gasteiger partial charge in [0.05, 0.1) is 0 Å². The van der Waals surface area contributed by atoms with Gasteiger partial charge in [0.1, 0.15) is 0 Å². The van der Waals surface area contributed by atoms with Gasteiger partial charge in [-0.15, -0.1) is 34.8 Å². The topological polar surface area (TPSA) is 27.0 Å². The van der Waals surface area contributed by atoms with Crippen LogP contribution in [0.5, 0.6) is 0 Å². The number of nitrogens with zero attached hydrogens (tertiary/aromatic N) is 2. The Bertz CT molecular complexity index is 1570. The molecule has 2 nitrogen and oxygen atoms in total. The zero-order chi connectivity index (χ0) is 27.4. The van der Waals surface area contributed by atoms with Crippen LogP contribution in [-0.2, 0) is 32.3 Å². The van der Waals surface area contributed by atoms with Gasteiger partial charge in [-0.1, -0.05) is 142 Å². The van der Waals surface area contributed by atoms with Gasteiger partial charge in [-0.2, -0.15) is 0 Å². The molecule has 0 fully saturated rings. The van der Waals surface area contributed by atoms with Gasteiger partial charge in [-0.25, -0.2) is 0 Å². The van der Waals surface area contributed by atoms with Crippen LogP contribution >= 0.6 is 0 Å². The van der Waals surface area contributed by atoms with Crippen LogP contribution in [0.1, 0.15) is 86.9 Å². The van der Waals surface area contributed by atoms with E-state index in [1.165, 1.54) is 27.6 Å². The molecule has 5 aromatic rings.